The molecule has 27 heavy (non-hydrogen) atoms. The lowest BCUT2D eigenvalue weighted by Crippen LogP contribution is -2.09. The van der Waals surface area contributed by atoms with Gasteiger partial charge in [-0.3, -0.25) is 0 Å². The summed E-state index contributed by atoms with van der Waals surface area (Å²) in [6.07, 6.45) is 5.86. The fraction of sp³-hybridized carbons (Fsp3) is 0.333. The lowest BCUT2D eigenvalue weighted by molar-refractivity contribution is 0.0696. The molecule has 144 valence electrons. The Morgan fingerprint density at radius 3 is 2.26 bits per heavy atom. The number of aromatic carboxylic acids is 1. The molecule has 2 aromatic rings. The van der Waals surface area contributed by atoms with Crippen molar-refractivity contribution in [2.24, 2.45) is 0 Å². The summed E-state index contributed by atoms with van der Waals surface area (Å²) < 4.78 is 10.9. The van der Waals surface area contributed by atoms with Crippen LogP contribution in [0.3, 0.4) is 0 Å². The van der Waals surface area contributed by atoms with Crippen molar-refractivity contribution in [1.29, 1.82) is 0 Å². The van der Waals surface area contributed by atoms with Gasteiger partial charge < -0.3 is 14.6 Å². The number of carboxylic acids is 1. The molecule has 0 radical (unpaired) electrons. The monoisotopic (exact) mass is 390 g/mol. The number of carbonyl (C=O) groups excluding carboxylic acids is 1. The number of hydrogen-bond donors (Lipinski definition) is 1. The van der Waals surface area contributed by atoms with E-state index in [0.717, 1.165) is 12.8 Å². The molecule has 2 rings (SSSR count). The predicted molar refractivity (Wildman–Crippen MR) is 104 cm³/mol. The van der Waals surface area contributed by atoms with Gasteiger partial charge in [-0.1, -0.05) is 44.2 Å². The number of carboxylic acid groups (broad SMARTS) is 1. The van der Waals surface area contributed by atoms with Crippen LogP contribution in [0.2, 0.25) is 5.02 Å². The number of halogens is 1. The Morgan fingerprint density at radius 2 is 1.63 bits per heavy atom. The molecule has 6 heteroatoms. The van der Waals surface area contributed by atoms with Gasteiger partial charge in [-0.05, 0) is 42.8 Å². The summed E-state index contributed by atoms with van der Waals surface area (Å²) in [6.45, 7) is 2.84. The van der Waals surface area contributed by atoms with Crippen LogP contribution in [0, 0.1) is 0 Å². The normalized spacial score (nSPS) is 10.4. The molecule has 0 fully saturated rings. The Labute approximate surface area is 163 Å². The van der Waals surface area contributed by atoms with Crippen molar-refractivity contribution in [3.05, 3.63) is 58.6 Å². The Morgan fingerprint density at radius 1 is 0.963 bits per heavy atom. The largest absolute Gasteiger partial charge is 0.494 e. The first-order chi connectivity index (χ1) is 13.0. The van der Waals surface area contributed by atoms with E-state index in [-0.39, 0.29) is 16.3 Å². The topological polar surface area (TPSA) is 72.8 Å². The van der Waals surface area contributed by atoms with Crippen LogP contribution in [0.15, 0.2) is 42.5 Å². The molecule has 0 aliphatic heterocycles. The Kier molecular flexibility index (Phi) is 8.14. The average Bonchev–Trinajstić information content (AvgIpc) is 2.65. The van der Waals surface area contributed by atoms with E-state index in [0.29, 0.717) is 17.9 Å². The average molecular weight is 391 g/mol. The summed E-state index contributed by atoms with van der Waals surface area (Å²) >= 11 is 5.87. The second-order valence-electron chi connectivity index (χ2n) is 6.12. The zero-order chi connectivity index (χ0) is 19.6. The maximum absolute atomic E-state index is 12.2. The standard InChI is InChI=1S/C21H23ClO5/c1-2-3-4-5-6-13-26-16-9-7-15(8-10-16)21(25)27-17-11-12-18(20(23)24)19(22)14-17/h7-12,14H,2-6,13H2,1H3,(H,23,24). The highest BCUT2D eigenvalue weighted by atomic mass is 35.5. The summed E-state index contributed by atoms with van der Waals surface area (Å²) in [7, 11) is 0. The molecular weight excluding hydrogens is 368 g/mol. The fourth-order valence-electron chi connectivity index (χ4n) is 2.48. The van der Waals surface area contributed by atoms with E-state index >= 15 is 0 Å². The SMILES string of the molecule is CCCCCCCOc1ccc(C(=O)Oc2ccc(C(=O)O)c(Cl)c2)cc1. The molecule has 0 amide bonds. The van der Waals surface area contributed by atoms with Gasteiger partial charge in [0.05, 0.1) is 22.8 Å². The van der Waals surface area contributed by atoms with Gasteiger partial charge in [0.15, 0.2) is 0 Å². The lowest BCUT2D eigenvalue weighted by atomic mass is 10.2. The van der Waals surface area contributed by atoms with Crippen molar-refractivity contribution < 1.29 is 24.2 Å². The molecule has 0 aliphatic carbocycles. The van der Waals surface area contributed by atoms with Gasteiger partial charge in [0.2, 0.25) is 0 Å². The summed E-state index contributed by atoms with van der Waals surface area (Å²) in [6, 6.07) is 10.7. The van der Waals surface area contributed by atoms with Gasteiger partial charge in [-0.15, -0.1) is 0 Å². The minimum atomic E-state index is -1.14. The zero-order valence-electron chi connectivity index (χ0n) is 15.2. The number of rotatable bonds is 10. The second kappa shape index (κ2) is 10.6. The van der Waals surface area contributed by atoms with Crippen LogP contribution in [0.25, 0.3) is 0 Å². The van der Waals surface area contributed by atoms with Crippen molar-refractivity contribution in [2.45, 2.75) is 39.0 Å². The smallest absolute Gasteiger partial charge is 0.343 e. The van der Waals surface area contributed by atoms with Crippen molar-refractivity contribution in [3.63, 3.8) is 0 Å². The van der Waals surface area contributed by atoms with Gasteiger partial charge in [-0.2, -0.15) is 0 Å². The molecule has 2 aromatic carbocycles. The quantitative estimate of drug-likeness (QED) is 0.324. The van der Waals surface area contributed by atoms with Crippen LogP contribution in [0.4, 0.5) is 0 Å². The van der Waals surface area contributed by atoms with E-state index in [4.69, 9.17) is 26.2 Å². The maximum atomic E-state index is 12.2. The minimum Gasteiger partial charge on any atom is -0.494 e. The first-order valence-corrected chi connectivity index (χ1v) is 9.37. The Hall–Kier alpha value is -2.53. The molecule has 0 unspecified atom stereocenters. The van der Waals surface area contributed by atoms with Crippen molar-refractivity contribution in [1.82, 2.24) is 0 Å². The van der Waals surface area contributed by atoms with Crippen LogP contribution in [-0.2, 0) is 0 Å². The third-order valence-electron chi connectivity index (χ3n) is 3.99. The molecule has 0 bridgehead atoms. The third-order valence-corrected chi connectivity index (χ3v) is 4.30. The highest BCUT2D eigenvalue weighted by Crippen LogP contribution is 2.23. The number of unbranched alkanes of at least 4 members (excludes halogenated alkanes) is 4. The second-order valence-corrected chi connectivity index (χ2v) is 6.53. The number of hydrogen-bond acceptors (Lipinski definition) is 4. The summed E-state index contributed by atoms with van der Waals surface area (Å²) in [5.74, 6) is -0.808. The van der Waals surface area contributed by atoms with Crippen molar-refractivity contribution in [2.75, 3.05) is 6.61 Å². The first kappa shape index (κ1) is 20.8. The Balaban J connectivity index is 1.86. The van der Waals surface area contributed by atoms with Crippen LogP contribution >= 0.6 is 11.6 Å². The van der Waals surface area contributed by atoms with E-state index < -0.39 is 11.9 Å². The van der Waals surface area contributed by atoms with Gasteiger partial charge in [0, 0.05) is 6.07 Å². The highest BCUT2D eigenvalue weighted by molar-refractivity contribution is 6.33. The maximum Gasteiger partial charge on any atom is 0.343 e. The molecule has 0 saturated heterocycles. The van der Waals surface area contributed by atoms with E-state index in [1.165, 1.54) is 37.5 Å². The predicted octanol–water partition coefficient (Wildman–Crippen LogP) is 5.61. The third kappa shape index (κ3) is 6.61. The number of benzene rings is 2. The van der Waals surface area contributed by atoms with Gasteiger partial charge in [0.25, 0.3) is 0 Å². The Bertz CT molecular complexity index is 771. The number of carbonyl (C=O) groups is 2. The molecule has 0 heterocycles. The molecule has 0 aromatic heterocycles. The minimum absolute atomic E-state index is 0.00971. The number of esters is 1. The summed E-state index contributed by atoms with van der Waals surface area (Å²) in [4.78, 5) is 23.1. The van der Waals surface area contributed by atoms with Gasteiger partial charge in [0.1, 0.15) is 11.5 Å². The van der Waals surface area contributed by atoms with Gasteiger partial charge >= 0.3 is 11.9 Å². The highest BCUT2D eigenvalue weighted by Gasteiger charge is 2.13. The van der Waals surface area contributed by atoms with Crippen LogP contribution in [0.5, 0.6) is 11.5 Å². The zero-order valence-corrected chi connectivity index (χ0v) is 16.0. The van der Waals surface area contributed by atoms with Gasteiger partial charge in [-0.25, -0.2) is 9.59 Å². The number of ether oxygens (including phenoxy) is 2. The van der Waals surface area contributed by atoms with Crippen LogP contribution < -0.4 is 9.47 Å². The van der Waals surface area contributed by atoms with Crippen LogP contribution in [0.1, 0.15) is 59.7 Å². The van der Waals surface area contributed by atoms with Crippen LogP contribution in [-0.4, -0.2) is 23.7 Å². The molecule has 0 aliphatic rings. The van der Waals surface area contributed by atoms with Crippen molar-refractivity contribution in [3.8, 4) is 11.5 Å². The fourth-order valence-corrected chi connectivity index (χ4v) is 2.73. The van der Waals surface area contributed by atoms with Crippen molar-refractivity contribution >= 4 is 23.5 Å². The molecule has 0 atom stereocenters. The lowest BCUT2D eigenvalue weighted by Gasteiger charge is -2.08. The molecule has 1 N–H and O–H groups in total. The van der Waals surface area contributed by atoms with E-state index in [1.54, 1.807) is 24.3 Å². The van der Waals surface area contributed by atoms with E-state index in [2.05, 4.69) is 6.92 Å². The van der Waals surface area contributed by atoms with E-state index in [9.17, 15) is 9.59 Å². The summed E-state index contributed by atoms with van der Waals surface area (Å²) in [5.41, 5.74) is 0.316. The molecular formula is C21H23ClO5. The summed E-state index contributed by atoms with van der Waals surface area (Å²) in [5, 5.41) is 8.96. The molecule has 0 saturated carbocycles. The molecule has 0 spiro atoms. The first-order valence-electron chi connectivity index (χ1n) is 8.99. The van der Waals surface area contributed by atoms with E-state index in [1.807, 2.05) is 0 Å². The molecule has 5 nitrogen and oxygen atoms in total.